The first kappa shape index (κ1) is 17.8. The summed E-state index contributed by atoms with van der Waals surface area (Å²) < 4.78 is 2.12. The minimum Gasteiger partial charge on any atom is -0.361 e. The lowest BCUT2D eigenvalue weighted by atomic mass is 9.91. The maximum Gasteiger partial charge on any atom is 0.0468 e. The highest BCUT2D eigenvalue weighted by Gasteiger charge is 2.23. The van der Waals surface area contributed by atoms with Gasteiger partial charge < -0.3 is 21.4 Å². The Labute approximate surface area is 168 Å². The Bertz CT molecular complexity index is 1080. The molecule has 4 aromatic rings. The molecule has 0 aliphatic carbocycles. The van der Waals surface area contributed by atoms with Crippen LogP contribution in [0.4, 0.5) is 0 Å². The number of nitrogens with one attached hydrogen (secondary N) is 2. The van der Waals surface area contributed by atoms with E-state index in [9.17, 15) is 0 Å². The SMILES string of the molecule is NCCc1c(C(CN)c2c[nH]c3cc(Br)ccc23)[nH]c2ccc(Br)cc12. The van der Waals surface area contributed by atoms with Crippen molar-refractivity contribution in [2.75, 3.05) is 13.1 Å². The van der Waals surface area contributed by atoms with Gasteiger partial charge in [-0.15, -0.1) is 0 Å². The predicted octanol–water partition coefficient (Wildman–Crippen LogP) is 4.77. The van der Waals surface area contributed by atoms with Crippen LogP contribution in [0.25, 0.3) is 21.8 Å². The van der Waals surface area contributed by atoms with Crippen LogP contribution in [0.2, 0.25) is 0 Å². The van der Waals surface area contributed by atoms with Gasteiger partial charge in [-0.25, -0.2) is 0 Å². The van der Waals surface area contributed by atoms with Crippen molar-refractivity contribution in [1.82, 2.24) is 9.97 Å². The molecule has 26 heavy (non-hydrogen) atoms. The highest BCUT2D eigenvalue weighted by Crippen LogP contribution is 2.36. The predicted molar refractivity (Wildman–Crippen MR) is 116 cm³/mol. The lowest BCUT2D eigenvalue weighted by molar-refractivity contribution is 0.784. The zero-order valence-corrected chi connectivity index (χ0v) is 17.3. The van der Waals surface area contributed by atoms with E-state index in [1.165, 1.54) is 21.9 Å². The van der Waals surface area contributed by atoms with Gasteiger partial charge in [0, 0.05) is 55.1 Å². The Kier molecular flexibility index (Phi) is 4.92. The number of nitrogens with two attached hydrogens (primary N) is 2. The van der Waals surface area contributed by atoms with Crippen LogP contribution in [0.5, 0.6) is 0 Å². The number of hydrogen-bond acceptors (Lipinski definition) is 2. The van der Waals surface area contributed by atoms with Crippen molar-refractivity contribution < 1.29 is 0 Å². The van der Waals surface area contributed by atoms with Crippen LogP contribution >= 0.6 is 31.9 Å². The zero-order chi connectivity index (χ0) is 18.3. The summed E-state index contributed by atoms with van der Waals surface area (Å²) in [6.45, 7) is 1.12. The number of fused-ring (bicyclic) bond motifs is 2. The van der Waals surface area contributed by atoms with Gasteiger partial charge >= 0.3 is 0 Å². The van der Waals surface area contributed by atoms with Crippen LogP contribution < -0.4 is 11.5 Å². The maximum absolute atomic E-state index is 6.25. The number of aromatic amines is 2. The molecule has 1 atom stereocenters. The highest BCUT2D eigenvalue weighted by atomic mass is 79.9. The second-order valence-electron chi connectivity index (χ2n) is 6.47. The molecule has 6 N–H and O–H groups in total. The van der Waals surface area contributed by atoms with Crippen LogP contribution in [0.15, 0.2) is 51.5 Å². The monoisotopic (exact) mass is 474 g/mol. The molecule has 4 rings (SSSR count). The summed E-state index contributed by atoms with van der Waals surface area (Å²) in [7, 11) is 0. The van der Waals surface area contributed by atoms with E-state index in [4.69, 9.17) is 11.5 Å². The van der Waals surface area contributed by atoms with Crippen LogP contribution in [0.1, 0.15) is 22.7 Å². The van der Waals surface area contributed by atoms with E-state index in [1.54, 1.807) is 0 Å². The maximum atomic E-state index is 6.25. The molecule has 2 heterocycles. The molecule has 0 saturated heterocycles. The van der Waals surface area contributed by atoms with Gasteiger partial charge in [-0.2, -0.15) is 0 Å². The van der Waals surface area contributed by atoms with E-state index in [0.717, 1.165) is 32.1 Å². The number of H-pyrrole nitrogens is 2. The van der Waals surface area contributed by atoms with Crippen molar-refractivity contribution in [1.29, 1.82) is 0 Å². The van der Waals surface area contributed by atoms with E-state index < -0.39 is 0 Å². The van der Waals surface area contributed by atoms with Crippen molar-refractivity contribution in [3.63, 3.8) is 0 Å². The molecule has 0 amide bonds. The van der Waals surface area contributed by atoms with E-state index in [-0.39, 0.29) is 5.92 Å². The fraction of sp³-hybridized carbons (Fsp3) is 0.200. The van der Waals surface area contributed by atoms with Gasteiger partial charge in [-0.3, -0.25) is 0 Å². The molecule has 134 valence electrons. The molecule has 0 aliphatic rings. The zero-order valence-electron chi connectivity index (χ0n) is 14.2. The average molecular weight is 476 g/mol. The summed E-state index contributed by atoms with van der Waals surface area (Å²) in [6, 6.07) is 12.6. The van der Waals surface area contributed by atoms with Gasteiger partial charge in [0.25, 0.3) is 0 Å². The molecule has 0 saturated carbocycles. The fourth-order valence-corrected chi connectivity index (χ4v) is 4.48. The number of halogens is 2. The molecular weight excluding hydrogens is 456 g/mol. The van der Waals surface area contributed by atoms with Crippen molar-refractivity contribution in [3.8, 4) is 0 Å². The second-order valence-corrected chi connectivity index (χ2v) is 8.30. The lowest BCUT2D eigenvalue weighted by Gasteiger charge is -2.16. The van der Waals surface area contributed by atoms with Crippen LogP contribution in [0.3, 0.4) is 0 Å². The van der Waals surface area contributed by atoms with E-state index >= 15 is 0 Å². The van der Waals surface area contributed by atoms with Gasteiger partial charge in [-0.05, 0) is 54.4 Å². The summed E-state index contributed by atoms with van der Waals surface area (Å²) in [4.78, 5) is 6.99. The summed E-state index contributed by atoms with van der Waals surface area (Å²) in [5.74, 6) is 0.0812. The molecule has 2 aromatic carbocycles. The number of hydrogen-bond donors (Lipinski definition) is 4. The first-order chi connectivity index (χ1) is 12.6. The van der Waals surface area contributed by atoms with E-state index in [1.807, 2.05) is 0 Å². The third-order valence-electron chi connectivity index (χ3n) is 4.93. The average Bonchev–Trinajstić information content (AvgIpc) is 3.18. The molecule has 2 aromatic heterocycles. The van der Waals surface area contributed by atoms with Crippen molar-refractivity contribution in [3.05, 3.63) is 68.4 Å². The smallest absolute Gasteiger partial charge is 0.0468 e. The van der Waals surface area contributed by atoms with Crippen LogP contribution in [0, 0.1) is 0 Å². The van der Waals surface area contributed by atoms with Gasteiger partial charge in [0.2, 0.25) is 0 Å². The summed E-state index contributed by atoms with van der Waals surface area (Å²) in [6.07, 6.45) is 2.89. The normalized spacial score (nSPS) is 12.9. The first-order valence-electron chi connectivity index (χ1n) is 8.59. The summed E-state index contributed by atoms with van der Waals surface area (Å²) in [5, 5.41) is 2.41. The third kappa shape index (κ3) is 3.01. The molecule has 0 bridgehead atoms. The molecule has 0 aliphatic heterocycles. The number of benzene rings is 2. The Hall–Kier alpha value is -1.60. The minimum absolute atomic E-state index is 0.0812. The topological polar surface area (TPSA) is 83.6 Å². The molecule has 1 unspecified atom stereocenters. The van der Waals surface area contributed by atoms with Gasteiger partial charge in [0.1, 0.15) is 0 Å². The third-order valence-corrected chi connectivity index (χ3v) is 5.92. The highest BCUT2D eigenvalue weighted by molar-refractivity contribution is 9.10. The fourth-order valence-electron chi connectivity index (χ4n) is 3.76. The lowest BCUT2D eigenvalue weighted by Crippen LogP contribution is -2.16. The Balaban J connectivity index is 1.92. The molecular formula is C20H20Br2N4. The van der Waals surface area contributed by atoms with Crippen molar-refractivity contribution in [2.24, 2.45) is 11.5 Å². The van der Waals surface area contributed by atoms with Crippen LogP contribution in [-0.4, -0.2) is 23.1 Å². The Morgan fingerprint density at radius 3 is 2.46 bits per heavy atom. The van der Waals surface area contributed by atoms with E-state index in [0.29, 0.717) is 13.1 Å². The standard InChI is InChI=1S/C20H20Br2N4/c21-11-2-4-18-15(7-11)14(5-6-23)20(26-18)16(9-24)17-10-25-19-8-12(22)1-3-13(17)19/h1-4,7-8,10,16,25-26H,5-6,9,23-24H2. The molecule has 0 radical (unpaired) electrons. The molecule has 0 spiro atoms. The molecule has 4 nitrogen and oxygen atoms in total. The first-order valence-corrected chi connectivity index (χ1v) is 10.2. The van der Waals surface area contributed by atoms with Gasteiger partial charge in [0.05, 0.1) is 0 Å². The quantitative estimate of drug-likeness (QED) is 0.335. The second kappa shape index (κ2) is 7.19. The summed E-state index contributed by atoms with van der Waals surface area (Å²) in [5.41, 5.74) is 18.0. The summed E-state index contributed by atoms with van der Waals surface area (Å²) >= 11 is 7.11. The molecule has 0 fully saturated rings. The number of aromatic nitrogens is 2. The largest absolute Gasteiger partial charge is 0.361 e. The van der Waals surface area contributed by atoms with Crippen molar-refractivity contribution in [2.45, 2.75) is 12.3 Å². The van der Waals surface area contributed by atoms with E-state index in [2.05, 4.69) is 84.4 Å². The number of rotatable bonds is 5. The Morgan fingerprint density at radius 1 is 0.923 bits per heavy atom. The van der Waals surface area contributed by atoms with Gasteiger partial charge in [-0.1, -0.05) is 37.9 Å². The Morgan fingerprint density at radius 2 is 1.69 bits per heavy atom. The van der Waals surface area contributed by atoms with Crippen molar-refractivity contribution >= 4 is 53.7 Å². The van der Waals surface area contributed by atoms with Gasteiger partial charge in [0.15, 0.2) is 0 Å². The van der Waals surface area contributed by atoms with Crippen LogP contribution in [-0.2, 0) is 6.42 Å². The minimum atomic E-state index is 0.0812. The molecule has 6 heteroatoms.